The third kappa shape index (κ3) is 6.21. The Morgan fingerprint density at radius 3 is 2.27 bits per heavy atom. The van der Waals surface area contributed by atoms with Crippen molar-refractivity contribution in [1.29, 1.82) is 0 Å². The molecule has 2 aromatic carbocycles. The number of benzene rings is 2. The highest BCUT2D eigenvalue weighted by Crippen LogP contribution is 2.26. The molecule has 0 aromatic heterocycles. The van der Waals surface area contributed by atoms with Gasteiger partial charge in [-0.1, -0.05) is 12.1 Å². The molecule has 164 valence electrons. The molecule has 0 aliphatic carbocycles. The molecular formula is C22H30N2O5S. The maximum Gasteiger partial charge on any atom is 0.251 e. The van der Waals surface area contributed by atoms with Crippen LogP contribution in [0, 0.1) is 0 Å². The summed E-state index contributed by atoms with van der Waals surface area (Å²) in [7, 11) is -2.49. The first-order valence-corrected chi connectivity index (χ1v) is 11.2. The Morgan fingerprint density at radius 2 is 1.73 bits per heavy atom. The molecule has 1 atom stereocenters. The highest BCUT2D eigenvalue weighted by Gasteiger charge is 2.26. The van der Waals surface area contributed by atoms with E-state index in [0.29, 0.717) is 6.61 Å². The van der Waals surface area contributed by atoms with Gasteiger partial charge in [-0.3, -0.25) is 4.79 Å². The average Bonchev–Trinajstić information content (AvgIpc) is 2.66. The quantitative estimate of drug-likeness (QED) is 0.661. The summed E-state index contributed by atoms with van der Waals surface area (Å²) >= 11 is 0. The Hall–Kier alpha value is -2.58. The third-order valence-electron chi connectivity index (χ3n) is 4.19. The van der Waals surface area contributed by atoms with E-state index in [1.807, 2.05) is 38.1 Å². The Morgan fingerprint density at radius 1 is 1.10 bits per heavy atom. The lowest BCUT2D eigenvalue weighted by atomic mass is 10.1. The minimum atomic E-state index is -3.88. The van der Waals surface area contributed by atoms with Crippen molar-refractivity contribution in [2.45, 2.75) is 51.1 Å². The number of sulfonamides is 1. The van der Waals surface area contributed by atoms with Crippen molar-refractivity contribution < 1.29 is 22.7 Å². The fraction of sp³-hybridized carbons (Fsp3) is 0.409. The smallest absolute Gasteiger partial charge is 0.251 e. The lowest BCUT2D eigenvalue weighted by molar-refractivity contribution is 0.0939. The second kappa shape index (κ2) is 9.49. The van der Waals surface area contributed by atoms with E-state index in [9.17, 15) is 13.2 Å². The number of carbonyl (C=O) groups excluding carboxylic acids is 1. The van der Waals surface area contributed by atoms with Crippen LogP contribution < -0.4 is 19.5 Å². The van der Waals surface area contributed by atoms with Gasteiger partial charge in [0.2, 0.25) is 10.0 Å². The van der Waals surface area contributed by atoms with Crippen LogP contribution in [0.5, 0.6) is 11.5 Å². The van der Waals surface area contributed by atoms with Gasteiger partial charge in [0, 0.05) is 11.1 Å². The van der Waals surface area contributed by atoms with E-state index in [-0.39, 0.29) is 28.2 Å². The van der Waals surface area contributed by atoms with Gasteiger partial charge in [0.05, 0.1) is 19.8 Å². The van der Waals surface area contributed by atoms with Gasteiger partial charge in [-0.2, -0.15) is 0 Å². The molecule has 0 bridgehead atoms. The molecule has 0 radical (unpaired) electrons. The first kappa shape index (κ1) is 23.7. The highest BCUT2D eigenvalue weighted by molar-refractivity contribution is 7.89. The van der Waals surface area contributed by atoms with Crippen molar-refractivity contribution >= 4 is 15.9 Å². The van der Waals surface area contributed by atoms with Gasteiger partial charge in [0.1, 0.15) is 16.4 Å². The summed E-state index contributed by atoms with van der Waals surface area (Å²) in [4.78, 5) is 12.7. The van der Waals surface area contributed by atoms with Crippen molar-refractivity contribution in [2.75, 3.05) is 13.7 Å². The van der Waals surface area contributed by atoms with E-state index in [0.717, 1.165) is 11.3 Å². The molecule has 1 amide bonds. The molecule has 1 unspecified atom stereocenters. The van der Waals surface area contributed by atoms with Gasteiger partial charge in [-0.05, 0) is 70.5 Å². The molecule has 7 nitrogen and oxygen atoms in total. The number of nitrogens with one attached hydrogen (secondary N) is 2. The van der Waals surface area contributed by atoms with Crippen LogP contribution in [0.1, 0.15) is 56.6 Å². The first-order valence-electron chi connectivity index (χ1n) is 9.72. The molecule has 0 aliphatic heterocycles. The van der Waals surface area contributed by atoms with Gasteiger partial charge in [-0.25, -0.2) is 13.1 Å². The molecule has 0 heterocycles. The van der Waals surface area contributed by atoms with E-state index in [2.05, 4.69) is 10.0 Å². The maximum absolute atomic E-state index is 12.8. The Bertz CT molecular complexity index is 980. The van der Waals surface area contributed by atoms with Gasteiger partial charge in [0.15, 0.2) is 0 Å². The van der Waals surface area contributed by atoms with Gasteiger partial charge in [0.25, 0.3) is 5.91 Å². The average molecular weight is 435 g/mol. The number of ether oxygens (including phenoxy) is 2. The summed E-state index contributed by atoms with van der Waals surface area (Å²) in [5.41, 5.74) is 0.454. The molecule has 30 heavy (non-hydrogen) atoms. The van der Waals surface area contributed by atoms with Crippen LogP contribution in [0.15, 0.2) is 47.4 Å². The molecule has 0 saturated carbocycles. The molecule has 0 aliphatic rings. The monoisotopic (exact) mass is 434 g/mol. The number of methoxy groups -OCH3 is 1. The first-order chi connectivity index (χ1) is 14.0. The fourth-order valence-electron chi connectivity index (χ4n) is 2.87. The Kier molecular flexibility index (Phi) is 7.49. The van der Waals surface area contributed by atoms with Crippen molar-refractivity contribution in [2.24, 2.45) is 0 Å². The normalized spacial score (nSPS) is 12.9. The predicted molar refractivity (Wildman–Crippen MR) is 117 cm³/mol. The zero-order valence-electron chi connectivity index (χ0n) is 18.3. The van der Waals surface area contributed by atoms with Crippen LogP contribution in [0.4, 0.5) is 0 Å². The van der Waals surface area contributed by atoms with Gasteiger partial charge < -0.3 is 14.8 Å². The molecule has 2 N–H and O–H groups in total. The largest absolute Gasteiger partial charge is 0.495 e. The van der Waals surface area contributed by atoms with Crippen LogP contribution >= 0.6 is 0 Å². The fourth-order valence-corrected chi connectivity index (χ4v) is 4.48. The molecule has 2 rings (SSSR count). The van der Waals surface area contributed by atoms with Crippen LogP contribution in [-0.4, -0.2) is 33.6 Å². The number of carbonyl (C=O) groups is 1. The maximum atomic E-state index is 12.8. The van der Waals surface area contributed by atoms with Gasteiger partial charge in [-0.15, -0.1) is 0 Å². The SMILES string of the molecule is CCOc1ccc(C(C)NC(=O)c2ccc(OC)c(S(=O)(=O)NC(C)(C)C)c2)cc1. The molecule has 0 saturated heterocycles. The van der Waals surface area contributed by atoms with Crippen LogP contribution in [0.2, 0.25) is 0 Å². The zero-order valence-corrected chi connectivity index (χ0v) is 19.1. The lowest BCUT2D eigenvalue weighted by Gasteiger charge is -2.21. The zero-order chi connectivity index (χ0) is 22.5. The minimum Gasteiger partial charge on any atom is -0.495 e. The molecule has 0 fully saturated rings. The summed E-state index contributed by atoms with van der Waals surface area (Å²) in [5.74, 6) is 0.547. The minimum absolute atomic E-state index is 0.0821. The summed E-state index contributed by atoms with van der Waals surface area (Å²) in [6.45, 7) is 9.58. The number of hydrogen-bond acceptors (Lipinski definition) is 5. The van der Waals surface area contributed by atoms with Crippen molar-refractivity contribution in [3.8, 4) is 11.5 Å². The third-order valence-corrected chi connectivity index (χ3v) is 5.97. The second-order valence-electron chi connectivity index (χ2n) is 7.92. The summed E-state index contributed by atoms with van der Waals surface area (Å²) in [6.07, 6.45) is 0. The van der Waals surface area contributed by atoms with Crippen LogP contribution in [0.3, 0.4) is 0 Å². The highest BCUT2D eigenvalue weighted by atomic mass is 32.2. The molecule has 2 aromatic rings. The summed E-state index contributed by atoms with van der Waals surface area (Å²) in [6, 6.07) is 11.5. The predicted octanol–water partition coefficient (Wildman–Crippen LogP) is 3.66. The van der Waals surface area contributed by atoms with E-state index >= 15 is 0 Å². The topological polar surface area (TPSA) is 93.7 Å². The molecular weight excluding hydrogens is 404 g/mol. The molecule has 0 spiro atoms. The second-order valence-corrected chi connectivity index (χ2v) is 9.57. The Balaban J connectivity index is 2.25. The Labute approximate surface area is 178 Å². The lowest BCUT2D eigenvalue weighted by Crippen LogP contribution is -2.40. The number of hydrogen-bond donors (Lipinski definition) is 2. The molecule has 8 heteroatoms. The van der Waals surface area contributed by atoms with Crippen molar-refractivity contribution in [3.63, 3.8) is 0 Å². The van der Waals surface area contributed by atoms with Crippen molar-refractivity contribution in [3.05, 3.63) is 53.6 Å². The van der Waals surface area contributed by atoms with Crippen LogP contribution in [0.25, 0.3) is 0 Å². The standard InChI is InChI=1S/C22H30N2O5S/c1-7-29-18-11-8-16(9-12-18)15(2)23-21(25)17-10-13-19(28-6)20(14-17)30(26,27)24-22(3,4)5/h8-15,24H,7H2,1-6H3,(H,23,25). The summed E-state index contributed by atoms with van der Waals surface area (Å²) in [5, 5.41) is 2.89. The van der Waals surface area contributed by atoms with Crippen LogP contribution in [-0.2, 0) is 10.0 Å². The number of rotatable bonds is 8. The van der Waals surface area contributed by atoms with E-state index in [1.54, 1.807) is 20.8 Å². The van der Waals surface area contributed by atoms with E-state index in [4.69, 9.17) is 9.47 Å². The van der Waals surface area contributed by atoms with E-state index in [1.165, 1.54) is 25.3 Å². The summed E-state index contributed by atoms with van der Waals surface area (Å²) < 4.78 is 38.8. The number of amides is 1. The van der Waals surface area contributed by atoms with Crippen molar-refractivity contribution in [1.82, 2.24) is 10.0 Å². The van der Waals surface area contributed by atoms with Gasteiger partial charge >= 0.3 is 0 Å². The van der Waals surface area contributed by atoms with E-state index < -0.39 is 15.6 Å².